The van der Waals surface area contributed by atoms with Crippen LogP contribution in [0.4, 0.5) is 4.79 Å². The highest BCUT2D eigenvalue weighted by atomic mass is 16.8. The average Bonchev–Trinajstić information content (AvgIpc) is 2.74. The third-order valence-corrected chi connectivity index (χ3v) is 4.99. The molecule has 3 amide bonds. The van der Waals surface area contributed by atoms with Crippen LogP contribution in [0.5, 0.6) is 0 Å². The zero-order valence-electron chi connectivity index (χ0n) is 16.4. The van der Waals surface area contributed by atoms with Gasteiger partial charge in [-0.3, -0.25) is 4.79 Å². The van der Waals surface area contributed by atoms with Gasteiger partial charge in [0, 0.05) is 51.9 Å². The Balaban J connectivity index is 1.53. The first kappa shape index (κ1) is 20.6. The Bertz CT molecular complexity index is 676. The third kappa shape index (κ3) is 5.67. The summed E-state index contributed by atoms with van der Waals surface area (Å²) >= 11 is 0. The van der Waals surface area contributed by atoms with Crippen LogP contribution in [-0.2, 0) is 27.3 Å². The van der Waals surface area contributed by atoms with Gasteiger partial charge in [0.05, 0.1) is 0 Å². The van der Waals surface area contributed by atoms with E-state index in [1.165, 1.54) is 0 Å². The van der Waals surface area contributed by atoms with Crippen LogP contribution >= 0.6 is 0 Å². The molecule has 8 heteroatoms. The summed E-state index contributed by atoms with van der Waals surface area (Å²) in [5, 5.41) is 2.91. The summed E-state index contributed by atoms with van der Waals surface area (Å²) in [6, 6.07) is 5.49. The van der Waals surface area contributed by atoms with Gasteiger partial charge in [0.2, 0.25) is 0 Å². The van der Waals surface area contributed by atoms with E-state index in [2.05, 4.69) is 10.8 Å². The highest BCUT2D eigenvalue weighted by Gasteiger charge is 2.22. The maximum absolute atomic E-state index is 12.4. The van der Waals surface area contributed by atoms with Crippen molar-refractivity contribution in [3.8, 4) is 0 Å². The fourth-order valence-corrected chi connectivity index (χ4v) is 3.38. The predicted molar refractivity (Wildman–Crippen MR) is 103 cm³/mol. The standard InChI is InChI=1S/C20H29N3O5/c1-26-11-4-9-21-20(25)23-10-8-15-6-7-16(13-17(15)14-23)19(24)22-28-18-5-2-3-12-27-18/h6-7,13,18H,2-5,8-12,14H2,1H3,(H,21,25)(H,22,24). The van der Waals surface area contributed by atoms with Crippen LogP contribution in [0.3, 0.4) is 0 Å². The summed E-state index contributed by atoms with van der Waals surface area (Å²) in [5.41, 5.74) is 5.14. The van der Waals surface area contributed by atoms with E-state index in [9.17, 15) is 9.59 Å². The minimum absolute atomic E-state index is 0.0885. The minimum Gasteiger partial charge on any atom is -0.385 e. The molecule has 2 N–H and O–H groups in total. The Labute approximate surface area is 165 Å². The Kier molecular flexibility index (Phi) is 7.64. The molecule has 8 nitrogen and oxygen atoms in total. The molecule has 1 aromatic carbocycles. The third-order valence-electron chi connectivity index (χ3n) is 4.99. The van der Waals surface area contributed by atoms with E-state index in [1.807, 2.05) is 12.1 Å². The second-order valence-corrected chi connectivity index (χ2v) is 7.08. The van der Waals surface area contributed by atoms with Crippen LogP contribution in [0.15, 0.2) is 18.2 Å². The van der Waals surface area contributed by atoms with E-state index in [4.69, 9.17) is 14.3 Å². The number of amides is 3. The van der Waals surface area contributed by atoms with Crippen LogP contribution in [-0.4, -0.2) is 56.5 Å². The SMILES string of the molecule is COCCCNC(=O)N1CCc2ccc(C(=O)NOC3CCCCO3)cc2C1. The highest BCUT2D eigenvalue weighted by Crippen LogP contribution is 2.21. The van der Waals surface area contributed by atoms with Gasteiger partial charge in [-0.2, -0.15) is 0 Å². The molecule has 1 aromatic rings. The first-order valence-corrected chi connectivity index (χ1v) is 9.88. The van der Waals surface area contributed by atoms with Crippen LogP contribution in [0.2, 0.25) is 0 Å². The first-order chi connectivity index (χ1) is 13.7. The molecule has 154 valence electrons. The molecule has 28 heavy (non-hydrogen) atoms. The van der Waals surface area contributed by atoms with Crippen molar-refractivity contribution in [1.29, 1.82) is 0 Å². The molecule has 0 bridgehead atoms. The van der Waals surface area contributed by atoms with Gasteiger partial charge in [-0.15, -0.1) is 0 Å². The van der Waals surface area contributed by atoms with Gasteiger partial charge in [-0.25, -0.2) is 15.1 Å². The van der Waals surface area contributed by atoms with E-state index in [-0.39, 0.29) is 18.2 Å². The summed E-state index contributed by atoms with van der Waals surface area (Å²) in [7, 11) is 1.64. The molecule has 0 saturated carbocycles. The number of carbonyl (C=O) groups is 2. The van der Waals surface area contributed by atoms with Crippen LogP contribution in [0.25, 0.3) is 0 Å². The number of fused-ring (bicyclic) bond motifs is 1. The zero-order chi connectivity index (χ0) is 19.8. The van der Waals surface area contributed by atoms with Crippen LogP contribution in [0, 0.1) is 0 Å². The van der Waals surface area contributed by atoms with Gasteiger partial charge in [0.1, 0.15) is 0 Å². The molecule has 3 rings (SSSR count). The molecule has 0 spiro atoms. The van der Waals surface area contributed by atoms with Crippen molar-refractivity contribution in [3.05, 3.63) is 34.9 Å². The monoisotopic (exact) mass is 391 g/mol. The van der Waals surface area contributed by atoms with Crippen molar-refractivity contribution in [2.75, 3.05) is 33.4 Å². The molecule has 2 aliphatic heterocycles. The molecule has 0 radical (unpaired) electrons. The normalized spacial score (nSPS) is 19.0. The van der Waals surface area contributed by atoms with E-state index in [0.717, 1.165) is 43.2 Å². The molecule has 0 aliphatic carbocycles. The van der Waals surface area contributed by atoms with Gasteiger partial charge in [0.15, 0.2) is 6.29 Å². The topological polar surface area (TPSA) is 89.1 Å². The van der Waals surface area contributed by atoms with Crippen molar-refractivity contribution in [1.82, 2.24) is 15.7 Å². The summed E-state index contributed by atoms with van der Waals surface area (Å²) in [6.07, 6.45) is 4.00. The summed E-state index contributed by atoms with van der Waals surface area (Å²) in [6.45, 7) is 3.01. The average molecular weight is 391 g/mol. The van der Waals surface area contributed by atoms with E-state index >= 15 is 0 Å². The second-order valence-electron chi connectivity index (χ2n) is 7.08. The molecule has 1 fully saturated rings. The van der Waals surface area contributed by atoms with E-state index < -0.39 is 0 Å². The maximum atomic E-state index is 12.4. The number of nitrogens with zero attached hydrogens (tertiary/aromatic N) is 1. The van der Waals surface area contributed by atoms with Gasteiger partial charge in [0.25, 0.3) is 5.91 Å². The van der Waals surface area contributed by atoms with E-state index in [1.54, 1.807) is 18.1 Å². The number of urea groups is 1. The van der Waals surface area contributed by atoms with Gasteiger partial charge < -0.3 is 19.7 Å². The molecular weight excluding hydrogens is 362 g/mol. The van der Waals surface area contributed by atoms with Gasteiger partial charge in [-0.05, 0) is 48.9 Å². The van der Waals surface area contributed by atoms with Gasteiger partial charge >= 0.3 is 6.03 Å². The largest absolute Gasteiger partial charge is 0.385 e. The molecule has 1 unspecified atom stereocenters. The molecule has 1 saturated heterocycles. The van der Waals surface area contributed by atoms with Crippen molar-refractivity contribution in [3.63, 3.8) is 0 Å². The lowest BCUT2D eigenvalue weighted by atomic mass is 9.97. The number of benzene rings is 1. The van der Waals surface area contributed by atoms with Crippen molar-refractivity contribution >= 4 is 11.9 Å². The quantitative estimate of drug-likeness (QED) is 0.548. The van der Waals surface area contributed by atoms with Crippen LogP contribution in [0.1, 0.15) is 47.2 Å². The van der Waals surface area contributed by atoms with Crippen molar-refractivity contribution in [2.24, 2.45) is 0 Å². The smallest absolute Gasteiger partial charge is 0.317 e. The van der Waals surface area contributed by atoms with Gasteiger partial charge in [-0.1, -0.05) is 6.07 Å². The maximum Gasteiger partial charge on any atom is 0.317 e. The Morgan fingerprint density at radius 2 is 2.18 bits per heavy atom. The number of methoxy groups -OCH3 is 1. The highest BCUT2D eigenvalue weighted by molar-refractivity contribution is 5.93. The lowest BCUT2D eigenvalue weighted by Gasteiger charge is -2.29. The number of hydroxylamine groups is 1. The number of ether oxygens (including phenoxy) is 2. The van der Waals surface area contributed by atoms with E-state index in [0.29, 0.717) is 38.4 Å². The molecule has 2 heterocycles. The Morgan fingerprint density at radius 1 is 1.29 bits per heavy atom. The second kappa shape index (κ2) is 10.4. The molecule has 1 atom stereocenters. The minimum atomic E-state index is -0.382. The number of carbonyl (C=O) groups excluding carboxylic acids is 2. The number of rotatable bonds is 7. The lowest BCUT2D eigenvalue weighted by molar-refractivity contribution is -0.186. The van der Waals surface area contributed by atoms with Crippen LogP contribution < -0.4 is 10.8 Å². The first-order valence-electron chi connectivity index (χ1n) is 9.88. The fourth-order valence-electron chi connectivity index (χ4n) is 3.38. The summed E-state index contributed by atoms with van der Waals surface area (Å²) < 4.78 is 10.4. The van der Waals surface area contributed by atoms with Crippen molar-refractivity contribution < 1.29 is 23.9 Å². The summed E-state index contributed by atoms with van der Waals surface area (Å²) in [4.78, 5) is 31.9. The molecular formula is C20H29N3O5. The number of hydrogen-bond donors (Lipinski definition) is 2. The summed E-state index contributed by atoms with van der Waals surface area (Å²) in [5.74, 6) is -0.307. The lowest BCUT2D eigenvalue weighted by Crippen LogP contribution is -2.43. The predicted octanol–water partition coefficient (Wildman–Crippen LogP) is 1.98. The Hall–Kier alpha value is -2.16. The van der Waals surface area contributed by atoms with Crippen molar-refractivity contribution in [2.45, 2.75) is 44.9 Å². The fraction of sp³-hybridized carbons (Fsp3) is 0.600. The number of nitrogens with one attached hydrogen (secondary N) is 2. The molecule has 2 aliphatic rings. The zero-order valence-corrected chi connectivity index (χ0v) is 16.4. The number of hydrogen-bond acceptors (Lipinski definition) is 5. The Morgan fingerprint density at radius 3 is 2.96 bits per heavy atom. The molecule has 0 aromatic heterocycles.